The van der Waals surface area contributed by atoms with Gasteiger partial charge in [0, 0.05) is 31.1 Å². The number of morpholine rings is 1. The third-order valence-electron chi connectivity index (χ3n) is 5.40. The predicted octanol–water partition coefficient (Wildman–Crippen LogP) is 3.19. The van der Waals surface area contributed by atoms with Crippen molar-refractivity contribution < 1.29 is 18.9 Å². The monoisotopic (exact) mass is 451 g/mol. The summed E-state index contributed by atoms with van der Waals surface area (Å²) in [5.74, 6) is 2.68. The normalized spacial score (nSPS) is 14.5. The Hall–Kier alpha value is -3.43. The van der Waals surface area contributed by atoms with Gasteiger partial charge in [0.25, 0.3) is 0 Å². The maximum atomic E-state index is 6.06. The van der Waals surface area contributed by atoms with Crippen molar-refractivity contribution in [2.75, 3.05) is 59.1 Å². The van der Waals surface area contributed by atoms with Gasteiger partial charge in [0.1, 0.15) is 12.1 Å². The predicted molar refractivity (Wildman–Crippen MR) is 128 cm³/mol. The fraction of sp³-hybridized carbons (Fsp3) is 0.375. The topological polar surface area (TPSA) is 90.3 Å². The lowest BCUT2D eigenvalue weighted by Gasteiger charge is -2.26. The molecule has 0 saturated carbocycles. The molecule has 1 N–H and O–H groups in total. The van der Waals surface area contributed by atoms with Crippen LogP contribution >= 0.6 is 0 Å². The van der Waals surface area contributed by atoms with E-state index in [1.165, 1.54) is 6.33 Å². The van der Waals surface area contributed by atoms with Crippen LogP contribution in [-0.4, -0.2) is 74.8 Å². The molecule has 0 aliphatic carbocycles. The lowest BCUT2D eigenvalue weighted by atomic mass is 10.2. The van der Waals surface area contributed by atoms with Crippen molar-refractivity contribution >= 4 is 22.9 Å². The van der Waals surface area contributed by atoms with Crippen molar-refractivity contribution in [1.82, 2.24) is 14.9 Å². The zero-order chi connectivity index (χ0) is 22.9. The van der Waals surface area contributed by atoms with E-state index >= 15 is 0 Å². The zero-order valence-electron chi connectivity index (χ0n) is 19.0. The van der Waals surface area contributed by atoms with E-state index < -0.39 is 0 Å². The first-order valence-corrected chi connectivity index (χ1v) is 11.0. The van der Waals surface area contributed by atoms with E-state index in [1.807, 2.05) is 36.4 Å². The van der Waals surface area contributed by atoms with Crippen molar-refractivity contribution in [2.24, 2.45) is 5.10 Å². The second-order valence-corrected chi connectivity index (χ2v) is 7.54. The van der Waals surface area contributed by atoms with Gasteiger partial charge in [0.2, 0.25) is 0 Å². The van der Waals surface area contributed by atoms with Crippen LogP contribution in [0.4, 0.5) is 5.82 Å². The van der Waals surface area contributed by atoms with Crippen molar-refractivity contribution in [3.8, 4) is 17.2 Å². The van der Waals surface area contributed by atoms with Gasteiger partial charge in [0.05, 0.1) is 45.8 Å². The Balaban J connectivity index is 1.43. The molecule has 9 heteroatoms. The molecule has 1 aliphatic heterocycles. The smallest absolute Gasteiger partial charge is 0.162 e. The third kappa shape index (κ3) is 6.09. The number of rotatable bonds is 10. The molecule has 174 valence electrons. The molecule has 0 atom stereocenters. The molecule has 9 nitrogen and oxygen atoms in total. The standard InChI is InChI=1S/C24H29N5O4/c1-30-19-6-4-18(5-7-19)16-27-28-24-20-14-23(22(31-2)15-21(20)25-17-26-24)33-11-3-8-29-9-12-32-13-10-29/h4-7,14-17H,3,8-13H2,1-2H3,(H,25,26,28). The number of methoxy groups -OCH3 is 2. The summed E-state index contributed by atoms with van der Waals surface area (Å²) < 4.78 is 22.2. The number of nitrogens with zero attached hydrogens (tertiary/aromatic N) is 4. The minimum absolute atomic E-state index is 0.589. The minimum atomic E-state index is 0.589. The molecule has 4 rings (SSSR count). The molecule has 0 unspecified atom stereocenters. The highest BCUT2D eigenvalue weighted by Crippen LogP contribution is 2.34. The van der Waals surface area contributed by atoms with E-state index in [2.05, 4.69) is 25.4 Å². The Kier molecular flexibility index (Phi) is 7.89. The Morgan fingerprint density at radius 3 is 2.64 bits per heavy atom. The van der Waals surface area contributed by atoms with Gasteiger partial charge in [-0.3, -0.25) is 10.3 Å². The van der Waals surface area contributed by atoms with Crippen LogP contribution in [0, 0.1) is 0 Å². The molecule has 0 amide bonds. The molecular formula is C24H29N5O4. The fourth-order valence-electron chi connectivity index (χ4n) is 3.58. The van der Waals surface area contributed by atoms with Gasteiger partial charge in [-0.25, -0.2) is 9.97 Å². The average Bonchev–Trinajstić information content (AvgIpc) is 2.87. The van der Waals surface area contributed by atoms with E-state index in [0.717, 1.165) is 61.5 Å². The van der Waals surface area contributed by atoms with Crippen LogP contribution in [0.15, 0.2) is 47.8 Å². The van der Waals surface area contributed by atoms with Gasteiger partial charge in [-0.1, -0.05) is 0 Å². The van der Waals surface area contributed by atoms with Crippen molar-refractivity contribution in [3.05, 3.63) is 48.3 Å². The fourth-order valence-corrected chi connectivity index (χ4v) is 3.58. The SMILES string of the molecule is COc1ccc(C=NNc2ncnc3cc(OC)c(OCCCN4CCOCC4)cc23)cc1. The van der Waals surface area contributed by atoms with Crippen molar-refractivity contribution in [2.45, 2.75) is 6.42 Å². The van der Waals surface area contributed by atoms with Crippen molar-refractivity contribution in [1.29, 1.82) is 0 Å². The molecular weight excluding hydrogens is 422 g/mol. The van der Waals surface area contributed by atoms with Gasteiger partial charge in [0.15, 0.2) is 17.3 Å². The number of hydrogen-bond acceptors (Lipinski definition) is 9. The summed E-state index contributed by atoms with van der Waals surface area (Å²) in [7, 11) is 3.27. The number of fused-ring (bicyclic) bond motifs is 1. The van der Waals surface area contributed by atoms with Crippen LogP contribution in [-0.2, 0) is 4.74 Å². The maximum Gasteiger partial charge on any atom is 0.162 e. The highest BCUT2D eigenvalue weighted by atomic mass is 16.5. The second-order valence-electron chi connectivity index (χ2n) is 7.54. The first-order chi connectivity index (χ1) is 16.3. The number of anilines is 1. The lowest BCUT2D eigenvalue weighted by Crippen LogP contribution is -2.37. The van der Waals surface area contributed by atoms with Crippen LogP contribution in [0.3, 0.4) is 0 Å². The first kappa shape index (κ1) is 22.8. The highest BCUT2D eigenvalue weighted by Gasteiger charge is 2.13. The van der Waals surface area contributed by atoms with E-state index in [-0.39, 0.29) is 0 Å². The molecule has 3 aromatic rings. The number of hydrogen-bond donors (Lipinski definition) is 1. The molecule has 1 aromatic heterocycles. The Morgan fingerprint density at radius 1 is 1.06 bits per heavy atom. The van der Waals surface area contributed by atoms with Crippen LogP contribution in [0.1, 0.15) is 12.0 Å². The second kappa shape index (κ2) is 11.4. The van der Waals surface area contributed by atoms with E-state index in [0.29, 0.717) is 23.9 Å². The molecule has 0 radical (unpaired) electrons. The maximum absolute atomic E-state index is 6.06. The molecule has 2 aromatic carbocycles. The average molecular weight is 452 g/mol. The summed E-state index contributed by atoms with van der Waals surface area (Å²) in [6.07, 6.45) is 4.14. The highest BCUT2D eigenvalue weighted by molar-refractivity contribution is 5.92. The van der Waals surface area contributed by atoms with Gasteiger partial charge in [-0.15, -0.1) is 0 Å². The van der Waals surface area contributed by atoms with E-state index in [1.54, 1.807) is 20.4 Å². The number of aromatic nitrogens is 2. The van der Waals surface area contributed by atoms with Crippen LogP contribution in [0.2, 0.25) is 0 Å². The van der Waals surface area contributed by atoms with Gasteiger partial charge in [-0.2, -0.15) is 5.10 Å². The minimum Gasteiger partial charge on any atom is -0.497 e. The molecule has 0 bridgehead atoms. The Labute approximate surface area is 193 Å². The van der Waals surface area contributed by atoms with E-state index in [4.69, 9.17) is 18.9 Å². The summed E-state index contributed by atoms with van der Waals surface area (Å²) in [4.78, 5) is 11.1. The van der Waals surface area contributed by atoms with Crippen molar-refractivity contribution in [3.63, 3.8) is 0 Å². The third-order valence-corrected chi connectivity index (χ3v) is 5.40. The molecule has 1 saturated heterocycles. The van der Waals surface area contributed by atoms with Crippen LogP contribution in [0.25, 0.3) is 10.9 Å². The molecule has 0 spiro atoms. The summed E-state index contributed by atoms with van der Waals surface area (Å²) in [6.45, 7) is 5.12. The number of nitrogens with one attached hydrogen (secondary N) is 1. The van der Waals surface area contributed by atoms with Gasteiger partial charge >= 0.3 is 0 Å². The molecule has 33 heavy (non-hydrogen) atoms. The summed E-state index contributed by atoms with van der Waals surface area (Å²) in [5, 5.41) is 5.12. The van der Waals surface area contributed by atoms with Crippen LogP contribution < -0.4 is 19.6 Å². The summed E-state index contributed by atoms with van der Waals surface area (Å²) >= 11 is 0. The Morgan fingerprint density at radius 2 is 1.88 bits per heavy atom. The Bertz CT molecular complexity index is 1070. The number of ether oxygens (including phenoxy) is 4. The number of benzene rings is 2. The molecule has 1 fully saturated rings. The lowest BCUT2D eigenvalue weighted by molar-refractivity contribution is 0.0357. The van der Waals surface area contributed by atoms with E-state index in [9.17, 15) is 0 Å². The zero-order valence-corrected chi connectivity index (χ0v) is 19.0. The molecule has 2 heterocycles. The largest absolute Gasteiger partial charge is 0.497 e. The van der Waals surface area contributed by atoms with Gasteiger partial charge in [-0.05, 0) is 42.3 Å². The first-order valence-electron chi connectivity index (χ1n) is 11.0. The van der Waals surface area contributed by atoms with Crippen LogP contribution in [0.5, 0.6) is 17.2 Å². The molecule has 1 aliphatic rings. The van der Waals surface area contributed by atoms with Gasteiger partial charge < -0.3 is 18.9 Å². The summed E-state index contributed by atoms with van der Waals surface area (Å²) in [5.41, 5.74) is 4.69. The summed E-state index contributed by atoms with van der Waals surface area (Å²) in [6, 6.07) is 11.4. The number of hydrazone groups is 1. The quantitative estimate of drug-likeness (QED) is 0.286.